The summed E-state index contributed by atoms with van der Waals surface area (Å²) in [6.07, 6.45) is -11.6. The molecule has 16 heteroatoms. The zero-order valence-corrected chi connectivity index (χ0v) is 21.6. The topological polar surface area (TPSA) is 222 Å². The number of hydrogen-bond donors (Lipinski definition) is 7. The Morgan fingerprint density at radius 3 is 2.13 bits per heavy atom. The van der Waals surface area contributed by atoms with Crippen molar-refractivity contribution in [3.63, 3.8) is 0 Å². The number of alkyl halides is 1. The van der Waals surface area contributed by atoms with Crippen molar-refractivity contribution >= 4 is 17.6 Å². The molecule has 15 nitrogen and oxygen atoms in total. The minimum absolute atomic E-state index is 0.0582. The zero-order chi connectivity index (χ0) is 28.0. The largest absolute Gasteiger partial charge is 0.394 e. The zero-order valence-electron chi connectivity index (χ0n) is 20.8. The first kappa shape index (κ1) is 31.3. The van der Waals surface area contributed by atoms with E-state index in [2.05, 4.69) is 5.29 Å². The molecule has 0 radical (unpaired) electrons. The molecule has 0 aromatic carbocycles. The highest BCUT2D eigenvalue weighted by atomic mass is 35.5. The first-order valence-electron chi connectivity index (χ1n) is 12.7. The fourth-order valence-corrected chi connectivity index (χ4v) is 5.34. The molecule has 2 amide bonds. The number of aliphatic hydroxyl groups is 7. The Balaban J connectivity index is 1.79. The predicted octanol–water partition coefficient (Wildman–Crippen LogP) is -2.16. The molecule has 0 aromatic heterocycles. The fourth-order valence-electron chi connectivity index (χ4n) is 5.18. The molecule has 7 N–H and O–H groups in total. The van der Waals surface area contributed by atoms with Crippen LogP contribution in [0.4, 0.5) is 4.79 Å². The molecule has 2 heterocycles. The summed E-state index contributed by atoms with van der Waals surface area (Å²) >= 11 is 5.69. The van der Waals surface area contributed by atoms with Gasteiger partial charge in [0.15, 0.2) is 12.5 Å². The van der Waals surface area contributed by atoms with Crippen LogP contribution >= 0.6 is 11.6 Å². The normalized spacial score (nSPS) is 38.2. The molecule has 10 atom stereocenters. The quantitative estimate of drug-likeness (QED) is 0.0800. The number of aliphatic hydroxyl groups excluding tert-OH is 7. The second kappa shape index (κ2) is 14.4. The van der Waals surface area contributed by atoms with Gasteiger partial charge in [0.2, 0.25) is 0 Å². The molecule has 3 rings (SSSR count). The summed E-state index contributed by atoms with van der Waals surface area (Å²) in [6, 6.07) is -0.903. The second-order valence-electron chi connectivity index (χ2n) is 9.84. The third-order valence-electron chi connectivity index (χ3n) is 7.40. The Morgan fingerprint density at radius 2 is 1.55 bits per heavy atom. The third-order valence-corrected chi connectivity index (χ3v) is 7.57. The van der Waals surface area contributed by atoms with E-state index in [4.69, 9.17) is 25.8 Å². The number of nitroso groups, excluding NO2 is 1. The van der Waals surface area contributed by atoms with E-state index in [1.54, 1.807) is 0 Å². The molecular formula is C22H38ClN3O12. The van der Waals surface area contributed by atoms with Gasteiger partial charge in [0, 0.05) is 12.4 Å². The van der Waals surface area contributed by atoms with E-state index in [9.17, 15) is 45.4 Å². The van der Waals surface area contributed by atoms with Gasteiger partial charge in [0.25, 0.3) is 0 Å². The van der Waals surface area contributed by atoms with E-state index in [0.29, 0.717) is 17.3 Å². The van der Waals surface area contributed by atoms with Crippen molar-refractivity contribution in [2.75, 3.05) is 32.2 Å². The molecule has 1 unspecified atom stereocenters. The number of amides is 2. The van der Waals surface area contributed by atoms with E-state index in [1.807, 2.05) is 0 Å². The second-order valence-corrected chi connectivity index (χ2v) is 10.2. The Bertz CT molecular complexity index is 761. The molecule has 0 spiro atoms. The molecule has 0 bridgehead atoms. The van der Waals surface area contributed by atoms with E-state index in [-0.39, 0.29) is 19.0 Å². The van der Waals surface area contributed by atoms with Gasteiger partial charge < -0.3 is 50.0 Å². The molecule has 2 saturated heterocycles. The van der Waals surface area contributed by atoms with Gasteiger partial charge in [0.1, 0.15) is 48.8 Å². The van der Waals surface area contributed by atoms with Crippen molar-refractivity contribution in [2.45, 2.75) is 93.5 Å². The number of halogens is 1. The smallest absolute Gasteiger partial charge is 0.345 e. The first-order valence-corrected chi connectivity index (χ1v) is 13.3. The lowest BCUT2D eigenvalue weighted by atomic mass is 9.95. The number of hydrogen-bond acceptors (Lipinski definition) is 13. The van der Waals surface area contributed by atoms with Crippen LogP contribution in [0.3, 0.4) is 0 Å². The molecule has 1 aliphatic carbocycles. The van der Waals surface area contributed by atoms with Crippen LogP contribution in [-0.4, -0.2) is 145 Å². The average Bonchev–Trinajstić information content (AvgIpc) is 3.44. The molecule has 220 valence electrons. The number of nitrogens with zero attached hydrogens (tertiary/aromatic N) is 3. The van der Waals surface area contributed by atoms with Crippen LogP contribution in [0.1, 0.15) is 32.1 Å². The summed E-state index contributed by atoms with van der Waals surface area (Å²) < 4.78 is 16.7. The van der Waals surface area contributed by atoms with E-state index >= 15 is 0 Å². The van der Waals surface area contributed by atoms with Crippen molar-refractivity contribution in [1.29, 1.82) is 0 Å². The summed E-state index contributed by atoms with van der Waals surface area (Å²) in [7, 11) is 0. The average molecular weight is 572 g/mol. The lowest BCUT2D eigenvalue weighted by Gasteiger charge is -2.48. The number of rotatable bonds is 11. The van der Waals surface area contributed by atoms with Gasteiger partial charge in [-0.05, 0) is 12.3 Å². The Hall–Kier alpha value is -1.24. The van der Waals surface area contributed by atoms with Gasteiger partial charge in [-0.15, -0.1) is 16.5 Å². The number of ether oxygens (including phenoxy) is 3. The van der Waals surface area contributed by atoms with Gasteiger partial charge in [-0.1, -0.05) is 25.7 Å². The van der Waals surface area contributed by atoms with Gasteiger partial charge in [0.05, 0.1) is 25.0 Å². The molecule has 1 saturated carbocycles. The number of carbonyl (C=O) groups is 1. The summed E-state index contributed by atoms with van der Waals surface area (Å²) in [6.45, 7) is -1.63. The molecular weight excluding hydrogens is 534 g/mol. The van der Waals surface area contributed by atoms with Gasteiger partial charge in [-0.25, -0.2) is 4.79 Å². The van der Waals surface area contributed by atoms with E-state index in [0.717, 1.165) is 30.6 Å². The summed E-state index contributed by atoms with van der Waals surface area (Å²) in [4.78, 5) is 25.6. The van der Waals surface area contributed by atoms with Gasteiger partial charge in [-0.3, -0.25) is 4.90 Å². The van der Waals surface area contributed by atoms with Crippen molar-refractivity contribution in [3.8, 4) is 0 Å². The van der Waals surface area contributed by atoms with Crippen LogP contribution in [0.2, 0.25) is 0 Å². The van der Waals surface area contributed by atoms with Crippen LogP contribution in [0, 0.1) is 10.8 Å². The molecule has 2 aliphatic heterocycles. The first-order chi connectivity index (χ1) is 18.2. The maximum absolute atomic E-state index is 13.2. The maximum Gasteiger partial charge on any atom is 0.345 e. The standard InChI is InChI=1S/C22H38ClN3O12/c23-6-8-26(24-35)22(34)25(7-5-11-3-1-2-4-11)20-17(32)16(31)19(13(10-28)36-20)38-21-18(33)15(30)14(29)12(9-27)37-21/h11-21,27-33H,1-10H2/t12-,13-,14-,15+,16-,17-,18-,19-,20?,21-/m1/s1. The lowest BCUT2D eigenvalue weighted by molar-refractivity contribution is -0.347. The summed E-state index contributed by atoms with van der Waals surface area (Å²) in [5.74, 6) is 0.233. The van der Waals surface area contributed by atoms with E-state index in [1.165, 1.54) is 0 Å². The van der Waals surface area contributed by atoms with Crippen LogP contribution in [0.5, 0.6) is 0 Å². The summed E-state index contributed by atoms with van der Waals surface area (Å²) in [5.41, 5.74) is 0. The van der Waals surface area contributed by atoms with Crippen molar-refractivity contribution in [2.24, 2.45) is 11.2 Å². The van der Waals surface area contributed by atoms with Crippen molar-refractivity contribution in [3.05, 3.63) is 4.91 Å². The number of carbonyl (C=O) groups excluding carboxylic acids is 1. The highest BCUT2D eigenvalue weighted by Gasteiger charge is 2.52. The van der Waals surface area contributed by atoms with Crippen LogP contribution < -0.4 is 0 Å². The fraction of sp³-hybridized carbons (Fsp3) is 0.955. The van der Waals surface area contributed by atoms with Gasteiger partial charge >= 0.3 is 6.03 Å². The Kier molecular flexibility index (Phi) is 11.9. The van der Waals surface area contributed by atoms with Crippen molar-refractivity contribution in [1.82, 2.24) is 9.91 Å². The highest BCUT2D eigenvalue weighted by Crippen LogP contribution is 2.32. The molecule has 3 aliphatic rings. The highest BCUT2D eigenvalue weighted by molar-refractivity contribution is 6.18. The minimum atomic E-state index is -1.80. The van der Waals surface area contributed by atoms with Crippen LogP contribution in [0.15, 0.2) is 5.29 Å². The molecule has 3 fully saturated rings. The SMILES string of the molecule is O=NN(CCCl)C(=O)N(CCC1CCCC1)C1O[C@H](CO)[C@@H](O[C@H]2O[C@H](CO)[C@@H](O)[C@H](O)[C@H]2O)[C@H](O)[C@H]1O. The summed E-state index contributed by atoms with van der Waals surface area (Å²) in [5, 5.41) is 74.9. The lowest BCUT2D eigenvalue weighted by Crippen LogP contribution is -2.67. The Labute approximate surface area is 224 Å². The van der Waals surface area contributed by atoms with Crippen molar-refractivity contribution < 1.29 is 54.8 Å². The monoisotopic (exact) mass is 571 g/mol. The van der Waals surface area contributed by atoms with E-state index < -0.39 is 80.6 Å². The molecule has 0 aromatic rings. The third kappa shape index (κ3) is 6.90. The molecule has 38 heavy (non-hydrogen) atoms. The van der Waals surface area contributed by atoms with Crippen LogP contribution in [-0.2, 0) is 14.2 Å². The van der Waals surface area contributed by atoms with Crippen LogP contribution in [0.25, 0.3) is 0 Å². The maximum atomic E-state index is 13.2. The number of urea groups is 1. The predicted molar refractivity (Wildman–Crippen MR) is 128 cm³/mol. The minimum Gasteiger partial charge on any atom is -0.394 e. The van der Waals surface area contributed by atoms with Gasteiger partial charge in [-0.2, -0.15) is 5.01 Å². The Morgan fingerprint density at radius 1 is 0.895 bits per heavy atom.